The third kappa shape index (κ3) is 4.60. The Bertz CT molecular complexity index is 1150. The maximum atomic E-state index is 13.0. The van der Waals surface area contributed by atoms with Gasteiger partial charge in [0.05, 0.1) is 18.7 Å². The fourth-order valence-electron chi connectivity index (χ4n) is 3.98. The monoisotopic (exact) mass is 436 g/mol. The number of ether oxygens (including phenoxy) is 2. The zero-order chi connectivity index (χ0) is 22.5. The van der Waals surface area contributed by atoms with Gasteiger partial charge in [0.1, 0.15) is 6.10 Å². The topological polar surface area (TPSA) is 85.7 Å². The first kappa shape index (κ1) is 21.8. The van der Waals surface area contributed by atoms with Gasteiger partial charge in [-0.15, -0.1) is 0 Å². The number of nitrogens with zero attached hydrogens (tertiary/aromatic N) is 3. The van der Waals surface area contributed by atoms with Crippen LogP contribution in [0.2, 0.25) is 0 Å². The number of aromatic nitrogens is 2. The fraction of sp³-hybridized carbons (Fsp3) is 0.375. The molecule has 0 radical (unpaired) electrons. The van der Waals surface area contributed by atoms with Gasteiger partial charge in [-0.05, 0) is 38.0 Å². The molecule has 0 unspecified atom stereocenters. The Morgan fingerprint density at radius 1 is 1.06 bits per heavy atom. The molecule has 168 valence electrons. The van der Waals surface area contributed by atoms with Gasteiger partial charge in [-0.3, -0.25) is 14.5 Å². The van der Waals surface area contributed by atoms with Crippen molar-refractivity contribution < 1.29 is 14.3 Å². The number of carbonyl (C=O) groups is 1. The second-order valence-electron chi connectivity index (χ2n) is 7.73. The molecule has 0 saturated carbocycles. The first-order chi connectivity index (χ1) is 15.6. The lowest BCUT2D eigenvalue weighted by Gasteiger charge is -2.32. The highest BCUT2D eigenvalue weighted by atomic mass is 16.5. The SMILES string of the molecule is CCOc1ccccc1OC1CCN(Cn2nc(C(=O)NC)c3ccccc3c2=O)CC1. The van der Waals surface area contributed by atoms with Crippen LogP contribution in [0.3, 0.4) is 0 Å². The first-order valence-corrected chi connectivity index (χ1v) is 10.9. The predicted molar refractivity (Wildman–Crippen MR) is 122 cm³/mol. The molecule has 1 saturated heterocycles. The third-order valence-corrected chi connectivity index (χ3v) is 5.62. The second-order valence-corrected chi connectivity index (χ2v) is 7.73. The summed E-state index contributed by atoms with van der Waals surface area (Å²) in [5, 5.41) is 8.05. The van der Waals surface area contributed by atoms with Gasteiger partial charge in [-0.2, -0.15) is 5.10 Å². The average Bonchev–Trinajstić information content (AvgIpc) is 2.83. The summed E-state index contributed by atoms with van der Waals surface area (Å²) in [5.74, 6) is 1.21. The Hall–Kier alpha value is -3.39. The molecule has 0 atom stereocenters. The highest BCUT2D eigenvalue weighted by Crippen LogP contribution is 2.29. The number of hydrogen-bond acceptors (Lipinski definition) is 6. The van der Waals surface area contributed by atoms with Crippen molar-refractivity contribution in [3.63, 3.8) is 0 Å². The van der Waals surface area contributed by atoms with E-state index in [1.165, 1.54) is 4.68 Å². The standard InChI is InChI=1S/C24H28N4O4/c1-3-31-20-10-6-7-11-21(20)32-17-12-14-27(15-13-17)16-28-24(30)19-9-5-4-8-18(19)22(26-28)23(29)25-2/h4-11,17H,3,12-16H2,1-2H3,(H,25,29). The molecule has 0 spiro atoms. The minimum atomic E-state index is -0.310. The molecule has 0 aliphatic carbocycles. The van der Waals surface area contributed by atoms with E-state index in [9.17, 15) is 9.59 Å². The van der Waals surface area contributed by atoms with Crippen molar-refractivity contribution in [2.45, 2.75) is 32.5 Å². The lowest BCUT2D eigenvalue weighted by atomic mass is 10.1. The number of fused-ring (bicyclic) bond motifs is 1. The van der Waals surface area contributed by atoms with Crippen molar-refractivity contribution >= 4 is 16.7 Å². The minimum Gasteiger partial charge on any atom is -0.490 e. The molecule has 0 bridgehead atoms. The summed E-state index contributed by atoms with van der Waals surface area (Å²) in [6.07, 6.45) is 1.73. The van der Waals surface area contributed by atoms with Crippen LogP contribution in [0.1, 0.15) is 30.3 Å². The Morgan fingerprint density at radius 2 is 1.72 bits per heavy atom. The van der Waals surface area contributed by atoms with E-state index in [2.05, 4.69) is 15.3 Å². The van der Waals surface area contributed by atoms with Crippen LogP contribution in [0.5, 0.6) is 11.5 Å². The van der Waals surface area contributed by atoms with Crippen molar-refractivity contribution in [1.82, 2.24) is 20.0 Å². The molecule has 1 aliphatic rings. The molecule has 1 fully saturated rings. The van der Waals surface area contributed by atoms with Gasteiger partial charge in [-0.1, -0.05) is 30.3 Å². The molecular formula is C24H28N4O4. The number of nitrogens with one attached hydrogen (secondary N) is 1. The molecule has 1 aromatic heterocycles. The van der Waals surface area contributed by atoms with Crippen LogP contribution >= 0.6 is 0 Å². The van der Waals surface area contributed by atoms with Crippen molar-refractivity contribution in [2.24, 2.45) is 0 Å². The van der Waals surface area contributed by atoms with E-state index in [0.29, 0.717) is 24.0 Å². The van der Waals surface area contributed by atoms with Crippen LogP contribution in [0, 0.1) is 0 Å². The number of carbonyl (C=O) groups excluding carboxylic acids is 1. The molecule has 8 nitrogen and oxygen atoms in total. The predicted octanol–water partition coefficient (Wildman–Crippen LogP) is 2.66. The molecule has 3 aromatic rings. The number of piperidine rings is 1. The van der Waals surface area contributed by atoms with Crippen LogP contribution in [-0.2, 0) is 6.67 Å². The van der Waals surface area contributed by atoms with Gasteiger partial charge >= 0.3 is 0 Å². The van der Waals surface area contributed by atoms with E-state index < -0.39 is 0 Å². The van der Waals surface area contributed by atoms with E-state index >= 15 is 0 Å². The van der Waals surface area contributed by atoms with Gasteiger partial charge < -0.3 is 14.8 Å². The number of likely N-dealkylation sites (tertiary alicyclic amines) is 1. The summed E-state index contributed by atoms with van der Waals surface area (Å²) in [6.45, 7) is 4.39. The van der Waals surface area contributed by atoms with Gasteiger partial charge in [0, 0.05) is 25.5 Å². The highest BCUT2D eigenvalue weighted by molar-refractivity contribution is 6.04. The number of benzene rings is 2. The first-order valence-electron chi connectivity index (χ1n) is 10.9. The Labute approximate surface area is 186 Å². The lowest BCUT2D eigenvalue weighted by Crippen LogP contribution is -2.42. The van der Waals surface area contributed by atoms with E-state index in [1.54, 1.807) is 31.3 Å². The van der Waals surface area contributed by atoms with Crippen molar-refractivity contribution in [1.29, 1.82) is 0 Å². The van der Waals surface area contributed by atoms with E-state index in [-0.39, 0.29) is 23.3 Å². The van der Waals surface area contributed by atoms with Crippen LogP contribution in [0.4, 0.5) is 0 Å². The van der Waals surface area contributed by atoms with Gasteiger partial charge in [-0.25, -0.2) is 4.68 Å². The summed E-state index contributed by atoms with van der Waals surface area (Å²) in [6, 6.07) is 14.8. The quantitative estimate of drug-likeness (QED) is 0.613. The van der Waals surface area contributed by atoms with Gasteiger partial charge in [0.25, 0.3) is 11.5 Å². The lowest BCUT2D eigenvalue weighted by molar-refractivity contribution is 0.0767. The normalized spacial score (nSPS) is 14.9. The second kappa shape index (κ2) is 9.82. The average molecular weight is 437 g/mol. The van der Waals surface area contributed by atoms with Crippen LogP contribution in [-0.4, -0.2) is 53.4 Å². The minimum absolute atomic E-state index is 0.0792. The number of hydrogen-bond donors (Lipinski definition) is 1. The number of amides is 1. The van der Waals surface area contributed by atoms with E-state index in [1.807, 2.05) is 31.2 Å². The fourth-order valence-corrected chi connectivity index (χ4v) is 3.98. The molecule has 2 aromatic carbocycles. The Kier molecular flexibility index (Phi) is 6.70. The van der Waals surface area contributed by atoms with Crippen molar-refractivity contribution in [3.8, 4) is 11.5 Å². The van der Waals surface area contributed by atoms with Crippen molar-refractivity contribution in [3.05, 3.63) is 64.6 Å². The summed E-state index contributed by atoms with van der Waals surface area (Å²) in [7, 11) is 1.56. The number of rotatable bonds is 7. The van der Waals surface area contributed by atoms with Gasteiger partial charge in [0.15, 0.2) is 17.2 Å². The molecule has 1 N–H and O–H groups in total. The molecule has 1 aliphatic heterocycles. The Balaban J connectivity index is 1.46. The maximum Gasteiger partial charge on any atom is 0.275 e. The molecule has 4 rings (SSSR count). The molecule has 1 amide bonds. The summed E-state index contributed by atoms with van der Waals surface area (Å²) < 4.78 is 13.2. The summed E-state index contributed by atoms with van der Waals surface area (Å²) >= 11 is 0. The van der Waals surface area contributed by atoms with E-state index in [4.69, 9.17) is 9.47 Å². The highest BCUT2D eigenvalue weighted by Gasteiger charge is 2.23. The van der Waals surface area contributed by atoms with Gasteiger partial charge in [0.2, 0.25) is 0 Å². The largest absolute Gasteiger partial charge is 0.490 e. The van der Waals surface area contributed by atoms with Crippen molar-refractivity contribution in [2.75, 3.05) is 26.7 Å². The maximum absolute atomic E-state index is 13.0. The molecular weight excluding hydrogens is 408 g/mol. The van der Waals surface area contributed by atoms with Crippen LogP contribution in [0.25, 0.3) is 10.8 Å². The zero-order valence-electron chi connectivity index (χ0n) is 18.4. The molecule has 2 heterocycles. The van der Waals surface area contributed by atoms with Crippen LogP contribution < -0.4 is 20.3 Å². The molecule has 8 heteroatoms. The summed E-state index contributed by atoms with van der Waals surface area (Å²) in [4.78, 5) is 27.5. The Morgan fingerprint density at radius 3 is 2.41 bits per heavy atom. The third-order valence-electron chi connectivity index (χ3n) is 5.62. The number of para-hydroxylation sites is 2. The zero-order valence-corrected chi connectivity index (χ0v) is 18.4. The van der Waals surface area contributed by atoms with E-state index in [0.717, 1.165) is 37.4 Å². The smallest absolute Gasteiger partial charge is 0.275 e. The van der Waals surface area contributed by atoms with Crippen LogP contribution in [0.15, 0.2) is 53.3 Å². The molecule has 32 heavy (non-hydrogen) atoms. The summed E-state index contributed by atoms with van der Waals surface area (Å²) in [5.41, 5.74) is 0.0609.